The number of carbonyl (C=O) groups excluding carboxylic acids is 1. The van der Waals surface area contributed by atoms with E-state index in [1.165, 1.54) is 0 Å². The van der Waals surface area contributed by atoms with E-state index in [2.05, 4.69) is 10.6 Å². The fraction of sp³-hybridized carbons (Fsp3) is 0.364. The third kappa shape index (κ3) is 1.45. The normalized spacial score (nSPS) is 19.9. The van der Waals surface area contributed by atoms with Crippen LogP contribution in [0.2, 0.25) is 0 Å². The van der Waals surface area contributed by atoms with Crippen molar-refractivity contribution < 1.29 is 4.79 Å². The third-order valence-corrected chi connectivity index (χ3v) is 2.45. The molecule has 0 saturated heterocycles. The average molecular weight is 190 g/mol. The topological polar surface area (TPSA) is 41.1 Å². The second-order valence-corrected chi connectivity index (χ2v) is 3.90. The van der Waals surface area contributed by atoms with Gasteiger partial charge in [-0.2, -0.15) is 0 Å². The van der Waals surface area contributed by atoms with Crippen LogP contribution in [0.5, 0.6) is 0 Å². The molecule has 0 fully saturated rings. The first kappa shape index (κ1) is 9.06. The van der Waals surface area contributed by atoms with Crippen molar-refractivity contribution >= 4 is 17.3 Å². The van der Waals surface area contributed by atoms with E-state index in [4.69, 9.17) is 0 Å². The smallest absolute Gasteiger partial charge is 0.247 e. The van der Waals surface area contributed by atoms with Gasteiger partial charge in [0, 0.05) is 0 Å². The molecule has 3 nitrogen and oxygen atoms in total. The number of para-hydroxylation sites is 2. The number of hydrogen-bond donors (Lipinski definition) is 2. The molecule has 2 N–H and O–H groups in total. The van der Waals surface area contributed by atoms with E-state index in [9.17, 15) is 4.79 Å². The minimum absolute atomic E-state index is 0.0544. The van der Waals surface area contributed by atoms with Gasteiger partial charge in [0.05, 0.1) is 11.4 Å². The maximum atomic E-state index is 11.6. The van der Waals surface area contributed by atoms with Gasteiger partial charge in [0.2, 0.25) is 5.91 Å². The molecule has 0 aliphatic carbocycles. The second kappa shape index (κ2) is 3.33. The minimum atomic E-state index is -0.120. The van der Waals surface area contributed by atoms with Crippen LogP contribution in [-0.4, -0.2) is 11.9 Å². The Hall–Kier alpha value is -1.51. The van der Waals surface area contributed by atoms with E-state index in [1.54, 1.807) is 0 Å². The summed E-state index contributed by atoms with van der Waals surface area (Å²) in [7, 11) is 0. The van der Waals surface area contributed by atoms with Gasteiger partial charge in [-0.15, -0.1) is 0 Å². The van der Waals surface area contributed by atoms with Crippen LogP contribution < -0.4 is 10.6 Å². The Kier molecular flexibility index (Phi) is 2.15. The van der Waals surface area contributed by atoms with Crippen LogP contribution in [0.1, 0.15) is 13.8 Å². The monoisotopic (exact) mass is 190 g/mol. The second-order valence-electron chi connectivity index (χ2n) is 3.90. The number of benzene rings is 1. The molecule has 14 heavy (non-hydrogen) atoms. The van der Waals surface area contributed by atoms with Crippen LogP contribution in [0.15, 0.2) is 24.3 Å². The zero-order valence-electron chi connectivity index (χ0n) is 8.37. The maximum absolute atomic E-state index is 11.6. The molecule has 0 radical (unpaired) electrons. The van der Waals surface area contributed by atoms with Crippen molar-refractivity contribution in [1.29, 1.82) is 0 Å². The van der Waals surface area contributed by atoms with Crippen LogP contribution in [0.25, 0.3) is 0 Å². The molecule has 74 valence electrons. The first-order valence-corrected chi connectivity index (χ1v) is 4.85. The molecule has 1 atom stereocenters. The van der Waals surface area contributed by atoms with Gasteiger partial charge < -0.3 is 10.6 Å². The summed E-state index contributed by atoms with van der Waals surface area (Å²) in [5.41, 5.74) is 1.88. The summed E-state index contributed by atoms with van der Waals surface area (Å²) in [5.74, 6) is 0.349. The van der Waals surface area contributed by atoms with E-state index in [0.717, 1.165) is 11.4 Å². The van der Waals surface area contributed by atoms with Crippen LogP contribution in [0.4, 0.5) is 11.4 Å². The molecule has 2 rings (SSSR count). The van der Waals surface area contributed by atoms with E-state index < -0.39 is 0 Å². The lowest BCUT2D eigenvalue weighted by molar-refractivity contribution is -0.117. The molecular weight excluding hydrogens is 176 g/mol. The number of amides is 1. The first-order chi connectivity index (χ1) is 6.68. The molecule has 0 bridgehead atoms. The zero-order chi connectivity index (χ0) is 10.1. The summed E-state index contributed by atoms with van der Waals surface area (Å²) in [4.78, 5) is 11.6. The molecule has 1 aliphatic rings. The molecule has 1 aliphatic heterocycles. The van der Waals surface area contributed by atoms with Gasteiger partial charge in [0.25, 0.3) is 0 Å². The SMILES string of the molecule is CC(C)[C@H]1Nc2ccccc2NC1=O. The molecule has 0 aromatic heterocycles. The first-order valence-electron chi connectivity index (χ1n) is 4.85. The summed E-state index contributed by atoms with van der Waals surface area (Å²) < 4.78 is 0. The lowest BCUT2D eigenvalue weighted by Crippen LogP contribution is -2.42. The van der Waals surface area contributed by atoms with Gasteiger partial charge in [-0.05, 0) is 18.1 Å². The van der Waals surface area contributed by atoms with Gasteiger partial charge >= 0.3 is 0 Å². The van der Waals surface area contributed by atoms with Gasteiger partial charge in [0.15, 0.2) is 0 Å². The van der Waals surface area contributed by atoms with E-state index >= 15 is 0 Å². The lowest BCUT2D eigenvalue weighted by atomic mass is 10.0. The Bertz CT molecular complexity index is 360. The minimum Gasteiger partial charge on any atom is -0.372 e. The third-order valence-electron chi connectivity index (χ3n) is 2.45. The fourth-order valence-electron chi connectivity index (χ4n) is 1.63. The maximum Gasteiger partial charge on any atom is 0.247 e. The van der Waals surface area contributed by atoms with Crippen molar-refractivity contribution in [3.63, 3.8) is 0 Å². The number of fused-ring (bicyclic) bond motifs is 1. The lowest BCUT2D eigenvalue weighted by Gasteiger charge is -2.29. The largest absolute Gasteiger partial charge is 0.372 e. The van der Waals surface area contributed by atoms with E-state index in [1.807, 2.05) is 38.1 Å². The van der Waals surface area contributed by atoms with Crippen molar-refractivity contribution in [3.8, 4) is 0 Å². The summed E-state index contributed by atoms with van der Waals surface area (Å²) in [6.07, 6.45) is 0. The van der Waals surface area contributed by atoms with Crippen molar-refractivity contribution in [2.24, 2.45) is 5.92 Å². The van der Waals surface area contributed by atoms with Crippen molar-refractivity contribution in [2.45, 2.75) is 19.9 Å². The summed E-state index contributed by atoms with van der Waals surface area (Å²) in [6, 6.07) is 7.63. The molecule has 3 heteroatoms. The number of carbonyl (C=O) groups is 1. The van der Waals surface area contributed by atoms with E-state index in [-0.39, 0.29) is 11.9 Å². The Balaban J connectivity index is 2.31. The van der Waals surface area contributed by atoms with Gasteiger partial charge in [-0.3, -0.25) is 4.79 Å². The van der Waals surface area contributed by atoms with Crippen molar-refractivity contribution in [2.75, 3.05) is 10.6 Å². The van der Waals surface area contributed by atoms with Crippen LogP contribution in [-0.2, 0) is 4.79 Å². The predicted molar refractivity (Wildman–Crippen MR) is 57.3 cm³/mol. The molecule has 0 saturated carbocycles. The van der Waals surface area contributed by atoms with Crippen LogP contribution >= 0.6 is 0 Å². The highest BCUT2D eigenvalue weighted by Crippen LogP contribution is 2.27. The summed E-state index contributed by atoms with van der Waals surface area (Å²) in [5, 5.41) is 6.12. The highest BCUT2D eigenvalue weighted by atomic mass is 16.2. The van der Waals surface area contributed by atoms with Crippen LogP contribution in [0.3, 0.4) is 0 Å². The van der Waals surface area contributed by atoms with E-state index in [0.29, 0.717) is 5.92 Å². The summed E-state index contributed by atoms with van der Waals surface area (Å²) in [6.45, 7) is 4.07. The summed E-state index contributed by atoms with van der Waals surface area (Å²) >= 11 is 0. The molecule has 1 aromatic carbocycles. The van der Waals surface area contributed by atoms with Crippen LogP contribution in [0, 0.1) is 5.92 Å². The molecule has 1 aromatic rings. The molecule has 1 amide bonds. The highest BCUT2D eigenvalue weighted by Gasteiger charge is 2.27. The predicted octanol–water partition coefficient (Wildman–Crippen LogP) is 2.08. The Morgan fingerprint density at radius 3 is 2.50 bits per heavy atom. The fourth-order valence-corrected chi connectivity index (χ4v) is 1.63. The van der Waals surface area contributed by atoms with Gasteiger partial charge in [0.1, 0.15) is 6.04 Å². The zero-order valence-corrected chi connectivity index (χ0v) is 8.37. The number of anilines is 2. The Morgan fingerprint density at radius 1 is 1.21 bits per heavy atom. The quantitative estimate of drug-likeness (QED) is 0.711. The van der Waals surface area contributed by atoms with Crippen molar-refractivity contribution in [3.05, 3.63) is 24.3 Å². The average Bonchev–Trinajstić information content (AvgIpc) is 2.16. The Labute approximate surface area is 83.5 Å². The molecule has 0 spiro atoms. The number of hydrogen-bond acceptors (Lipinski definition) is 2. The molecule has 0 unspecified atom stereocenters. The van der Waals surface area contributed by atoms with Gasteiger partial charge in [-0.25, -0.2) is 0 Å². The number of nitrogens with one attached hydrogen (secondary N) is 2. The van der Waals surface area contributed by atoms with Crippen molar-refractivity contribution in [1.82, 2.24) is 0 Å². The highest BCUT2D eigenvalue weighted by molar-refractivity contribution is 6.03. The Morgan fingerprint density at radius 2 is 1.86 bits per heavy atom. The number of rotatable bonds is 1. The molecular formula is C11H14N2O. The molecule has 1 heterocycles. The standard InChI is InChI=1S/C11H14N2O/c1-7(2)10-11(14)13-9-6-4-3-5-8(9)12-10/h3-7,10,12H,1-2H3,(H,13,14)/t10-/m1/s1. The van der Waals surface area contributed by atoms with Gasteiger partial charge in [-0.1, -0.05) is 26.0 Å².